The van der Waals surface area contributed by atoms with Gasteiger partial charge in [0.1, 0.15) is 5.75 Å². The summed E-state index contributed by atoms with van der Waals surface area (Å²) in [5, 5.41) is 0. The number of hydrogen-bond donors (Lipinski definition) is 0. The van der Waals surface area contributed by atoms with Crippen LogP contribution in [0.3, 0.4) is 0 Å². The first-order valence-electron chi connectivity index (χ1n) is 10.8. The summed E-state index contributed by atoms with van der Waals surface area (Å²) in [5.41, 5.74) is 1.71. The van der Waals surface area contributed by atoms with E-state index in [1.807, 2.05) is 26.0 Å². The SMILES string of the molecule is C=C1CCC2[C@]3(C)COC(C)(C)O[C@@H]3CC[C@@]2(C)[C@@H]1CCOc1ccncc1. The topological polar surface area (TPSA) is 40.6 Å². The maximum absolute atomic E-state index is 6.40. The van der Waals surface area contributed by atoms with Crippen LogP contribution in [0.4, 0.5) is 0 Å². The number of fused-ring (bicyclic) bond motifs is 3. The third-order valence-corrected chi connectivity index (χ3v) is 7.80. The van der Waals surface area contributed by atoms with Gasteiger partial charge in [0.05, 0.1) is 19.3 Å². The second kappa shape index (κ2) is 7.14. The van der Waals surface area contributed by atoms with Crippen molar-refractivity contribution in [1.29, 1.82) is 0 Å². The Hall–Kier alpha value is -1.39. The van der Waals surface area contributed by atoms with Crippen LogP contribution in [0.1, 0.15) is 59.8 Å². The summed E-state index contributed by atoms with van der Waals surface area (Å²) >= 11 is 0. The molecular weight excluding hydrogens is 350 g/mol. The van der Waals surface area contributed by atoms with E-state index >= 15 is 0 Å². The van der Waals surface area contributed by atoms with E-state index in [1.54, 1.807) is 12.4 Å². The first kappa shape index (κ1) is 19.9. The number of ether oxygens (including phenoxy) is 3. The van der Waals surface area contributed by atoms with Crippen molar-refractivity contribution in [2.24, 2.45) is 22.7 Å². The van der Waals surface area contributed by atoms with Crippen molar-refractivity contribution < 1.29 is 14.2 Å². The van der Waals surface area contributed by atoms with Gasteiger partial charge in [0.15, 0.2) is 5.79 Å². The zero-order valence-corrected chi connectivity index (χ0v) is 17.9. The number of rotatable bonds is 4. The maximum Gasteiger partial charge on any atom is 0.163 e. The first-order valence-corrected chi connectivity index (χ1v) is 10.8. The molecule has 2 heterocycles. The van der Waals surface area contributed by atoms with Crippen molar-refractivity contribution in [1.82, 2.24) is 4.98 Å². The number of nitrogens with zero attached hydrogens (tertiary/aromatic N) is 1. The Labute approximate surface area is 169 Å². The van der Waals surface area contributed by atoms with Gasteiger partial charge in [-0.25, -0.2) is 0 Å². The van der Waals surface area contributed by atoms with Gasteiger partial charge in [-0.15, -0.1) is 0 Å². The Morgan fingerprint density at radius 1 is 1.14 bits per heavy atom. The molecule has 0 amide bonds. The van der Waals surface area contributed by atoms with E-state index in [0.29, 0.717) is 11.8 Å². The predicted molar refractivity (Wildman–Crippen MR) is 110 cm³/mol. The lowest BCUT2D eigenvalue weighted by atomic mass is 9.46. The minimum Gasteiger partial charge on any atom is -0.493 e. The van der Waals surface area contributed by atoms with Crippen LogP contribution in [0.15, 0.2) is 36.7 Å². The van der Waals surface area contributed by atoms with Gasteiger partial charge in [-0.3, -0.25) is 4.98 Å². The van der Waals surface area contributed by atoms with Crippen LogP contribution < -0.4 is 4.74 Å². The zero-order chi connectivity index (χ0) is 20.0. The van der Waals surface area contributed by atoms with E-state index in [-0.39, 0.29) is 16.9 Å². The molecule has 4 heteroatoms. The molecule has 3 fully saturated rings. The Kier molecular flexibility index (Phi) is 5.08. The normalized spacial score (nSPS) is 39.7. The van der Waals surface area contributed by atoms with Crippen LogP contribution in [-0.4, -0.2) is 30.1 Å². The summed E-state index contributed by atoms with van der Waals surface area (Å²) < 4.78 is 18.6. The highest BCUT2D eigenvalue weighted by atomic mass is 16.7. The van der Waals surface area contributed by atoms with Gasteiger partial charge in [-0.2, -0.15) is 0 Å². The highest BCUT2D eigenvalue weighted by molar-refractivity contribution is 5.19. The molecule has 1 unspecified atom stereocenters. The van der Waals surface area contributed by atoms with E-state index < -0.39 is 5.79 Å². The fraction of sp³-hybridized carbons (Fsp3) is 0.708. The van der Waals surface area contributed by atoms with Crippen molar-refractivity contribution in [2.45, 2.75) is 71.7 Å². The predicted octanol–water partition coefficient (Wildman–Crippen LogP) is 5.39. The monoisotopic (exact) mass is 385 g/mol. The van der Waals surface area contributed by atoms with Gasteiger partial charge in [0.25, 0.3) is 0 Å². The van der Waals surface area contributed by atoms with E-state index in [1.165, 1.54) is 18.4 Å². The van der Waals surface area contributed by atoms with Crippen LogP contribution in [0.2, 0.25) is 0 Å². The van der Waals surface area contributed by atoms with Crippen molar-refractivity contribution in [3.63, 3.8) is 0 Å². The molecule has 2 saturated carbocycles. The van der Waals surface area contributed by atoms with E-state index in [0.717, 1.165) is 38.2 Å². The molecule has 2 aliphatic carbocycles. The molecule has 1 aliphatic heterocycles. The fourth-order valence-corrected chi connectivity index (χ4v) is 6.33. The first-order chi connectivity index (χ1) is 13.2. The number of pyridine rings is 1. The third kappa shape index (κ3) is 3.39. The highest BCUT2D eigenvalue weighted by Gasteiger charge is 2.60. The lowest BCUT2D eigenvalue weighted by Gasteiger charge is -2.63. The van der Waals surface area contributed by atoms with Gasteiger partial charge in [0.2, 0.25) is 0 Å². The summed E-state index contributed by atoms with van der Waals surface area (Å²) in [6.07, 6.45) is 9.44. The molecule has 28 heavy (non-hydrogen) atoms. The molecule has 4 rings (SSSR count). The van der Waals surface area contributed by atoms with Gasteiger partial charge < -0.3 is 14.2 Å². The quantitative estimate of drug-likeness (QED) is 0.652. The molecule has 1 aromatic heterocycles. The molecule has 154 valence electrons. The lowest BCUT2D eigenvalue weighted by Crippen LogP contribution is -2.63. The standard InChI is InChI=1S/C24H35NO3/c1-17-6-7-20-23(4,19(17)11-15-26-18-9-13-25-14-10-18)12-8-21-24(20,5)16-27-22(2,3)28-21/h9-10,13-14,19-21H,1,6-8,11-12,15-16H2,2-5H3/t19-,20?,21-,23+,24+/m1/s1. The summed E-state index contributed by atoms with van der Waals surface area (Å²) in [7, 11) is 0. The molecular formula is C24H35NO3. The molecule has 3 aliphatic rings. The van der Waals surface area contributed by atoms with Crippen LogP contribution in [0, 0.1) is 22.7 Å². The average Bonchev–Trinajstić information content (AvgIpc) is 2.65. The Bertz CT molecular complexity index is 718. The smallest absolute Gasteiger partial charge is 0.163 e. The molecule has 0 bridgehead atoms. The van der Waals surface area contributed by atoms with Crippen molar-refractivity contribution in [2.75, 3.05) is 13.2 Å². The molecule has 0 radical (unpaired) electrons. The van der Waals surface area contributed by atoms with Gasteiger partial charge in [-0.05, 0) is 75.3 Å². The van der Waals surface area contributed by atoms with Crippen molar-refractivity contribution >= 4 is 0 Å². The largest absolute Gasteiger partial charge is 0.493 e. The minimum atomic E-state index is -0.464. The Morgan fingerprint density at radius 3 is 2.64 bits per heavy atom. The van der Waals surface area contributed by atoms with E-state index in [4.69, 9.17) is 14.2 Å². The Morgan fingerprint density at radius 2 is 1.89 bits per heavy atom. The molecule has 1 aromatic rings. The lowest BCUT2D eigenvalue weighted by molar-refractivity contribution is -0.344. The van der Waals surface area contributed by atoms with E-state index in [9.17, 15) is 0 Å². The zero-order valence-electron chi connectivity index (χ0n) is 17.9. The molecule has 1 saturated heterocycles. The summed E-state index contributed by atoms with van der Waals surface area (Å²) in [4.78, 5) is 4.06. The van der Waals surface area contributed by atoms with Gasteiger partial charge >= 0.3 is 0 Å². The number of hydrogen-bond acceptors (Lipinski definition) is 4. The van der Waals surface area contributed by atoms with Gasteiger partial charge in [0, 0.05) is 17.8 Å². The second-order valence-corrected chi connectivity index (χ2v) is 9.97. The molecule has 0 N–H and O–H groups in total. The molecule has 0 aromatic carbocycles. The highest BCUT2D eigenvalue weighted by Crippen LogP contribution is 2.63. The Balaban J connectivity index is 1.50. The average molecular weight is 386 g/mol. The van der Waals surface area contributed by atoms with Gasteiger partial charge in [-0.1, -0.05) is 26.0 Å². The number of aromatic nitrogens is 1. The molecule has 5 atom stereocenters. The minimum absolute atomic E-state index is 0.0768. The fourth-order valence-electron chi connectivity index (χ4n) is 6.33. The van der Waals surface area contributed by atoms with Crippen LogP contribution >= 0.6 is 0 Å². The van der Waals surface area contributed by atoms with Crippen molar-refractivity contribution in [3.8, 4) is 5.75 Å². The summed E-state index contributed by atoms with van der Waals surface area (Å²) in [5.74, 6) is 1.51. The molecule has 0 spiro atoms. The summed E-state index contributed by atoms with van der Waals surface area (Å²) in [6, 6.07) is 3.84. The van der Waals surface area contributed by atoms with E-state index in [2.05, 4.69) is 25.4 Å². The van der Waals surface area contributed by atoms with Crippen molar-refractivity contribution in [3.05, 3.63) is 36.7 Å². The maximum atomic E-state index is 6.40. The van der Waals surface area contributed by atoms with Crippen LogP contribution in [0.5, 0.6) is 5.75 Å². The van der Waals surface area contributed by atoms with Crippen LogP contribution in [-0.2, 0) is 9.47 Å². The molecule has 4 nitrogen and oxygen atoms in total. The third-order valence-electron chi connectivity index (χ3n) is 7.80. The number of allylic oxidation sites excluding steroid dienone is 1. The second-order valence-electron chi connectivity index (χ2n) is 9.97. The summed E-state index contributed by atoms with van der Waals surface area (Å²) in [6.45, 7) is 15.0. The van der Waals surface area contributed by atoms with Crippen LogP contribution in [0.25, 0.3) is 0 Å².